The molecular formula is C30H29F3N6O3S. The molecule has 0 bridgehead atoms. The molecule has 1 unspecified atom stereocenters. The van der Waals surface area contributed by atoms with Crippen LogP contribution in [0.1, 0.15) is 23.1 Å². The molecule has 0 radical (unpaired) electrons. The molecule has 13 heteroatoms. The first-order valence-corrected chi connectivity index (χ1v) is 14.4. The average molecular weight is 611 g/mol. The van der Waals surface area contributed by atoms with Crippen molar-refractivity contribution in [2.75, 3.05) is 17.2 Å². The number of rotatable bonds is 10. The van der Waals surface area contributed by atoms with Crippen LogP contribution < -0.4 is 15.0 Å². The number of aliphatic hydroxyl groups excluding tert-OH is 1. The summed E-state index contributed by atoms with van der Waals surface area (Å²) in [5.41, 5.74) is 5.16. The van der Waals surface area contributed by atoms with Gasteiger partial charge in [0.15, 0.2) is 11.0 Å². The summed E-state index contributed by atoms with van der Waals surface area (Å²) in [6, 6.07) is 19.0. The zero-order chi connectivity index (χ0) is 30.6. The summed E-state index contributed by atoms with van der Waals surface area (Å²) < 4.78 is 42.5. The number of ether oxygens (including phenoxy) is 1. The number of benzene rings is 3. The zero-order valence-electron chi connectivity index (χ0n) is 23.4. The second-order valence-corrected chi connectivity index (χ2v) is 10.8. The molecule has 2 N–H and O–H groups in total. The Morgan fingerprint density at radius 1 is 1.07 bits per heavy atom. The highest BCUT2D eigenvalue weighted by Gasteiger charge is 2.32. The molecule has 4 aromatic rings. The number of hydrogen-bond donors (Lipinski definition) is 2. The van der Waals surface area contributed by atoms with Crippen LogP contribution in [0.4, 0.5) is 18.9 Å². The average Bonchev–Trinajstić information content (AvgIpc) is 3.59. The van der Waals surface area contributed by atoms with E-state index in [1.807, 2.05) is 56.3 Å². The van der Waals surface area contributed by atoms with Crippen LogP contribution in [0.3, 0.4) is 0 Å². The summed E-state index contributed by atoms with van der Waals surface area (Å²) in [6.45, 7) is 4.41. The van der Waals surface area contributed by atoms with Crippen LogP contribution in [0.25, 0.3) is 17.1 Å². The number of aliphatic hydroxyl groups is 1. The van der Waals surface area contributed by atoms with E-state index in [4.69, 9.17) is 0 Å². The number of para-hydroxylation sites is 1. The Hall–Kier alpha value is -4.20. The lowest BCUT2D eigenvalue weighted by Crippen LogP contribution is -2.34. The highest BCUT2D eigenvalue weighted by Crippen LogP contribution is 2.32. The number of hydrogen-bond acceptors (Lipinski definition) is 8. The number of amidine groups is 1. The van der Waals surface area contributed by atoms with Crippen LogP contribution >= 0.6 is 11.8 Å². The van der Waals surface area contributed by atoms with E-state index in [0.717, 1.165) is 40.8 Å². The molecule has 5 rings (SSSR count). The Labute approximate surface area is 250 Å². The molecule has 1 atom stereocenters. The minimum atomic E-state index is -4.75. The van der Waals surface area contributed by atoms with Crippen molar-refractivity contribution in [3.8, 4) is 22.8 Å². The second kappa shape index (κ2) is 13.0. The Balaban J connectivity index is 1.12. The van der Waals surface area contributed by atoms with Crippen LogP contribution in [-0.4, -0.2) is 56.0 Å². The van der Waals surface area contributed by atoms with Gasteiger partial charge in [-0.25, -0.2) is 14.7 Å². The Bertz CT molecular complexity index is 1590. The molecule has 43 heavy (non-hydrogen) atoms. The molecule has 2 heterocycles. The maximum atomic E-state index is 12.6. The monoisotopic (exact) mass is 610 g/mol. The van der Waals surface area contributed by atoms with Crippen molar-refractivity contribution in [2.45, 2.75) is 39.4 Å². The Morgan fingerprint density at radius 3 is 2.44 bits per heavy atom. The first-order chi connectivity index (χ1) is 20.6. The number of amides is 1. The molecule has 1 saturated heterocycles. The summed E-state index contributed by atoms with van der Waals surface area (Å²) in [6.07, 6.45) is -2.90. The third-order valence-corrected chi connectivity index (χ3v) is 7.61. The van der Waals surface area contributed by atoms with Crippen LogP contribution in [0, 0.1) is 13.8 Å². The normalized spacial score (nSPS) is 15.3. The summed E-state index contributed by atoms with van der Waals surface area (Å²) in [5.74, 6) is 0.380. The Kier molecular flexibility index (Phi) is 9.14. The number of halogens is 3. The maximum Gasteiger partial charge on any atom is 0.573 e. The second-order valence-electron chi connectivity index (χ2n) is 9.85. The van der Waals surface area contributed by atoms with E-state index >= 15 is 0 Å². The lowest BCUT2D eigenvalue weighted by atomic mass is 10.1. The number of anilines is 1. The van der Waals surface area contributed by atoms with Gasteiger partial charge in [0.1, 0.15) is 12.1 Å². The van der Waals surface area contributed by atoms with Gasteiger partial charge >= 0.3 is 6.36 Å². The molecular weight excluding hydrogens is 581 g/mol. The van der Waals surface area contributed by atoms with Gasteiger partial charge in [0.25, 0.3) is 0 Å². The maximum absolute atomic E-state index is 12.6. The zero-order valence-corrected chi connectivity index (χ0v) is 24.2. The van der Waals surface area contributed by atoms with E-state index in [1.165, 1.54) is 47.0 Å². The van der Waals surface area contributed by atoms with Gasteiger partial charge < -0.3 is 9.84 Å². The SMILES string of the molecule is Cc1cccc(C)c1N1C(=O)CS/C1=N\C(O)NCCCc1ccc(-c2ncn(-c3ccc(OC(F)(F)F)cc3)n2)cc1. The van der Waals surface area contributed by atoms with Gasteiger partial charge in [-0.15, -0.1) is 18.3 Å². The van der Waals surface area contributed by atoms with Crippen LogP contribution in [-0.2, 0) is 11.2 Å². The predicted octanol–water partition coefficient (Wildman–Crippen LogP) is 5.38. The standard InChI is InChI=1S/C30H29F3N6O3S/c1-19-5-3-6-20(2)26(19)39-25(40)17-43-29(39)36-28(41)34-16-4-7-21-8-10-22(11-9-21)27-35-18-38(37-27)23-12-14-24(15-13-23)42-30(31,32)33/h3,5-6,8-15,18,28,34,41H,4,7,16-17H2,1-2H3/b36-29-. The van der Waals surface area contributed by atoms with Crippen molar-refractivity contribution in [1.82, 2.24) is 20.1 Å². The number of thioether (sulfide) groups is 1. The van der Waals surface area contributed by atoms with Crippen molar-refractivity contribution >= 4 is 28.5 Å². The number of aliphatic imine (C=N–C) groups is 1. The minimum Gasteiger partial charge on any atom is -0.406 e. The fraction of sp³-hybridized carbons (Fsp3) is 0.267. The number of aryl methyl sites for hydroxylation is 3. The first kappa shape index (κ1) is 30.3. The van der Waals surface area contributed by atoms with Gasteiger partial charge in [0.2, 0.25) is 12.3 Å². The topological polar surface area (TPSA) is 105 Å². The molecule has 1 aliphatic heterocycles. The third-order valence-electron chi connectivity index (χ3n) is 6.67. The molecule has 0 spiro atoms. The van der Waals surface area contributed by atoms with E-state index in [2.05, 4.69) is 25.1 Å². The van der Waals surface area contributed by atoms with Gasteiger partial charge in [0, 0.05) is 5.56 Å². The number of alkyl halides is 3. The molecule has 3 aromatic carbocycles. The first-order valence-electron chi connectivity index (χ1n) is 13.5. The molecule has 9 nitrogen and oxygen atoms in total. The lowest BCUT2D eigenvalue weighted by Gasteiger charge is -2.21. The lowest BCUT2D eigenvalue weighted by molar-refractivity contribution is -0.274. The fourth-order valence-corrected chi connectivity index (χ4v) is 5.53. The summed E-state index contributed by atoms with van der Waals surface area (Å²) in [4.78, 5) is 22.9. The smallest absolute Gasteiger partial charge is 0.406 e. The minimum absolute atomic E-state index is 0.0626. The predicted molar refractivity (Wildman–Crippen MR) is 159 cm³/mol. The van der Waals surface area contributed by atoms with E-state index in [0.29, 0.717) is 23.2 Å². The molecule has 224 valence electrons. The molecule has 1 fully saturated rings. The highest BCUT2D eigenvalue weighted by atomic mass is 32.2. The third kappa shape index (κ3) is 7.61. The Morgan fingerprint density at radius 2 is 1.77 bits per heavy atom. The number of aromatic nitrogens is 3. The van der Waals surface area contributed by atoms with Crippen molar-refractivity contribution in [1.29, 1.82) is 0 Å². The molecule has 1 amide bonds. The fourth-order valence-electron chi connectivity index (χ4n) is 4.65. The van der Waals surface area contributed by atoms with Crippen LogP contribution in [0.15, 0.2) is 78.0 Å². The number of carbonyl (C=O) groups is 1. The van der Waals surface area contributed by atoms with E-state index in [1.54, 1.807) is 4.90 Å². The van der Waals surface area contributed by atoms with Crippen molar-refractivity contribution in [2.24, 2.45) is 4.99 Å². The van der Waals surface area contributed by atoms with Crippen molar-refractivity contribution < 1.29 is 27.8 Å². The number of nitrogens with zero attached hydrogens (tertiary/aromatic N) is 5. The van der Waals surface area contributed by atoms with Gasteiger partial charge in [-0.05, 0) is 74.2 Å². The van der Waals surface area contributed by atoms with Gasteiger partial charge in [-0.3, -0.25) is 15.0 Å². The van der Waals surface area contributed by atoms with Gasteiger partial charge in [-0.2, -0.15) is 0 Å². The van der Waals surface area contributed by atoms with Gasteiger partial charge in [0.05, 0.1) is 17.1 Å². The van der Waals surface area contributed by atoms with Gasteiger partial charge in [-0.1, -0.05) is 54.2 Å². The van der Waals surface area contributed by atoms with E-state index < -0.39 is 12.7 Å². The molecule has 0 saturated carbocycles. The molecule has 1 aliphatic rings. The summed E-state index contributed by atoms with van der Waals surface area (Å²) >= 11 is 1.31. The number of nitrogens with one attached hydrogen (secondary N) is 1. The summed E-state index contributed by atoms with van der Waals surface area (Å²) in [5, 5.41) is 18.4. The van der Waals surface area contributed by atoms with Crippen LogP contribution in [0.2, 0.25) is 0 Å². The quantitative estimate of drug-likeness (QED) is 0.183. The summed E-state index contributed by atoms with van der Waals surface area (Å²) in [7, 11) is 0. The molecule has 1 aromatic heterocycles. The van der Waals surface area contributed by atoms with Crippen LogP contribution in [0.5, 0.6) is 5.75 Å². The molecule has 0 aliphatic carbocycles. The number of carbonyl (C=O) groups excluding carboxylic acids is 1. The van der Waals surface area contributed by atoms with Crippen molar-refractivity contribution in [3.05, 3.63) is 89.7 Å². The van der Waals surface area contributed by atoms with E-state index in [9.17, 15) is 23.1 Å². The highest BCUT2D eigenvalue weighted by molar-refractivity contribution is 8.15. The van der Waals surface area contributed by atoms with E-state index in [-0.39, 0.29) is 17.4 Å². The van der Waals surface area contributed by atoms with Crippen molar-refractivity contribution in [3.63, 3.8) is 0 Å². The largest absolute Gasteiger partial charge is 0.573 e.